The van der Waals surface area contributed by atoms with Crippen molar-refractivity contribution in [2.75, 3.05) is 66.4 Å². The van der Waals surface area contributed by atoms with Crippen molar-refractivity contribution < 1.29 is 68.3 Å². The number of carbonyl (C=O) groups is 2. The molecule has 18 atom stereocenters. The Kier molecular flexibility index (Phi) is 20.9. The molecule has 0 amide bonds. The van der Waals surface area contributed by atoms with Crippen LogP contribution in [-0.2, 0) is 38.0 Å². The molecule has 4 aliphatic rings. The molecule has 1 unspecified atom stereocenters. The van der Waals surface area contributed by atoms with Crippen LogP contribution in [0.2, 0.25) is 5.02 Å². The number of aliphatic hydroxyl groups is 4. The number of benzene rings is 1. The van der Waals surface area contributed by atoms with E-state index in [1.165, 1.54) is 13.1 Å². The van der Waals surface area contributed by atoms with Gasteiger partial charge >= 0.3 is 11.9 Å². The molecule has 3 aliphatic heterocycles. The van der Waals surface area contributed by atoms with E-state index in [0.29, 0.717) is 48.8 Å². The molecule has 1 aromatic carbocycles. The molecule has 4 fully saturated rings. The van der Waals surface area contributed by atoms with Gasteiger partial charge in [0.05, 0.1) is 64.4 Å². The number of nitrogens with one attached hydrogen (secondary N) is 2. The monoisotopic (exact) mass is 1100 g/mol. The fourth-order valence-electron chi connectivity index (χ4n) is 12.0. The maximum atomic E-state index is 14.6. The molecule has 6 rings (SSSR count). The van der Waals surface area contributed by atoms with Crippen LogP contribution in [0.3, 0.4) is 0 Å². The molecule has 0 spiro atoms. The second-order valence-corrected chi connectivity index (χ2v) is 23.8. The number of likely N-dealkylation sites (N-methyl/N-ethyl adjacent to an activating group) is 2. The lowest BCUT2D eigenvalue weighted by Crippen LogP contribution is -2.61. The van der Waals surface area contributed by atoms with Gasteiger partial charge in [0, 0.05) is 75.3 Å². The highest BCUT2D eigenvalue weighted by atomic mass is 35.5. The summed E-state index contributed by atoms with van der Waals surface area (Å²) in [6, 6.07) is 2.58. The maximum Gasteiger partial charge on any atom is 0.341 e. The first-order valence-electron chi connectivity index (χ1n) is 27.3. The van der Waals surface area contributed by atoms with E-state index in [1.54, 1.807) is 46.9 Å². The Morgan fingerprint density at radius 2 is 1.64 bits per heavy atom. The molecule has 76 heavy (non-hydrogen) atoms. The molecule has 21 heteroatoms. The molecule has 3 saturated heterocycles. The Hall–Kier alpha value is -3.06. The number of methoxy groups -OCH3 is 1. The number of hydrogen-bond donors (Lipinski definition) is 7. The van der Waals surface area contributed by atoms with Crippen LogP contribution in [-0.4, -0.2) is 203 Å². The number of nitrogens with zero attached hydrogens (tertiary/aromatic N) is 3. The van der Waals surface area contributed by atoms with E-state index in [1.807, 2.05) is 70.1 Å². The number of rotatable bonds is 17. The van der Waals surface area contributed by atoms with Gasteiger partial charge in [0.15, 0.2) is 12.6 Å². The Balaban J connectivity index is 1.18. The summed E-state index contributed by atoms with van der Waals surface area (Å²) < 4.78 is 47.4. The minimum Gasteiger partial charge on any atom is -0.477 e. The van der Waals surface area contributed by atoms with E-state index in [4.69, 9.17) is 44.8 Å². The van der Waals surface area contributed by atoms with Crippen molar-refractivity contribution >= 4 is 40.1 Å². The van der Waals surface area contributed by atoms with Crippen LogP contribution in [0.5, 0.6) is 0 Å². The van der Waals surface area contributed by atoms with Gasteiger partial charge in [0.2, 0.25) is 5.43 Å². The molecule has 1 saturated carbocycles. The van der Waals surface area contributed by atoms with E-state index in [2.05, 4.69) is 10.6 Å². The number of halogens is 1. The molecule has 0 bridgehead atoms. The fraction of sp³-hybridized carbons (Fsp3) is 0.800. The number of anilines is 1. The van der Waals surface area contributed by atoms with Gasteiger partial charge in [-0.3, -0.25) is 9.59 Å². The van der Waals surface area contributed by atoms with Gasteiger partial charge in [-0.05, 0) is 120 Å². The van der Waals surface area contributed by atoms with Crippen LogP contribution in [0.25, 0.3) is 10.9 Å². The summed E-state index contributed by atoms with van der Waals surface area (Å²) >= 11 is 6.67. The van der Waals surface area contributed by atoms with Crippen molar-refractivity contribution in [2.45, 2.75) is 204 Å². The van der Waals surface area contributed by atoms with Gasteiger partial charge in [-0.15, -0.1) is 0 Å². The molecule has 432 valence electrons. The predicted molar refractivity (Wildman–Crippen MR) is 288 cm³/mol. The van der Waals surface area contributed by atoms with Crippen LogP contribution < -0.4 is 16.1 Å². The zero-order valence-corrected chi connectivity index (χ0v) is 48.0. The number of cyclic esters (lactones) is 1. The highest BCUT2D eigenvalue weighted by Gasteiger charge is 2.53. The number of aliphatic hydroxyl groups excluding tert-OH is 2. The summed E-state index contributed by atoms with van der Waals surface area (Å²) in [5.74, 6) is -4.01. The van der Waals surface area contributed by atoms with Crippen LogP contribution in [0.1, 0.15) is 124 Å². The number of carboxylic acid groups (broad SMARTS) is 1. The Labute approximate surface area is 453 Å². The smallest absolute Gasteiger partial charge is 0.341 e. The lowest BCUT2D eigenvalue weighted by molar-refractivity contribution is -0.320. The molecule has 1 aliphatic carbocycles. The molecule has 1 aromatic heterocycles. The minimum atomic E-state index is -1.84. The molecule has 7 N–H and O–H groups in total. The average Bonchev–Trinajstić information content (AvgIpc) is 4.19. The molecular formula is C55H90ClN5O15. The number of carboxylic acids is 1. The molecule has 0 radical (unpaired) electrons. The lowest BCUT2D eigenvalue weighted by atomic mass is 9.77. The standard InChI is InChI=1S/C55H90ClN5O15/c1-15-42-55(10,69)47(64)33(6)60(13)27-29(2)25-53(8,68)48(76-52-45(63)41(59(11)12)22-30(3)72-52)31(4)46(32(5)51(67)74-42)75-43-26-54(9,70-14)49(34(7)73-43)71-21-20-57-18-19-58-39-23-36-40(24-38(39)56)61(35-16-17-35)28-37(44(36)62)50(65)66/h23-24,28-35,41-43,45-49,52,57-58,63-64,68-69H,15-22,25-27H2,1-14H3,(H,65,66)/t29-,30-,31+,32-,33-,34+,41+,42-,43?,45-,46+,47-,48-,49+,52+,53-,54-,55-/m1/s1. The zero-order valence-electron chi connectivity index (χ0n) is 47.3. The molecular weight excluding hydrogens is 1010 g/mol. The van der Waals surface area contributed by atoms with Crippen LogP contribution in [0.4, 0.5) is 5.69 Å². The Morgan fingerprint density at radius 3 is 2.26 bits per heavy atom. The van der Waals surface area contributed by atoms with Crippen LogP contribution in [0, 0.1) is 17.8 Å². The van der Waals surface area contributed by atoms with Gasteiger partial charge in [-0.2, -0.15) is 0 Å². The topological polar surface area (TPSA) is 252 Å². The molecule has 4 heterocycles. The number of aromatic nitrogens is 1. The van der Waals surface area contributed by atoms with Crippen LogP contribution >= 0.6 is 11.6 Å². The number of carbonyl (C=O) groups excluding carboxylic acids is 1. The number of hydrogen-bond acceptors (Lipinski definition) is 18. The summed E-state index contributed by atoms with van der Waals surface area (Å²) in [5, 5.41) is 65.2. The van der Waals surface area contributed by atoms with Crippen molar-refractivity contribution in [2.24, 2.45) is 17.8 Å². The quantitative estimate of drug-likeness (QED) is 0.0843. The van der Waals surface area contributed by atoms with Crippen molar-refractivity contribution in [3.8, 4) is 0 Å². The van der Waals surface area contributed by atoms with E-state index in [0.717, 1.165) is 12.8 Å². The van der Waals surface area contributed by atoms with Gasteiger partial charge in [0.1, 0.15) is 35.6 Å². The summed E-state index contributed by atoms with van der Waals surface area (Å²) in [6.07, 6.45) is -4.88. The number of pyridine rings is 1. The van der Waals surface area contributed by atoms with E-state index in [-0.39, 0.29) is 60.9 Å². The summed E-state index contributed by atoms with van der Waals surface area (Å²) in [6.45, 7) is 20.0. The van der Waals surface area contributed by atoms with Crippen molar-refractivity contribution in [1.82, 2.24) is 19.7 Å². The third-order valence-electron chi connectivity index (χ3n) is 16.7. The largest absolute Gasteiger partial charge is 0.477 e. The van der Waals surface area contributed by atoms with Crippen molar-refractivity contribution in [1.29, 1.82) is 0 Å². The van der Waals surface area contributed by atoms with E-state index < -0.39 is 107 Å². The predicted octanol–water partition coefficient (Wildman–Crippen LogP) is 4.63. The summed E-state index contributed by atoms with van der Waals surface area (Å²) in [4.78, 5) is 43.5. The third kappa shape index (κ3) is 14.1. The average molecular weight is 1100 g/mol. The highest BCUT2D eigenvalue weighted by molar-refractivity contribution is 6.34. The third-order valence-corrected chi connectivity index (χ3v) is 17.0. The summed E-state index contributed by atoms with van der Waals surface area (Å²) in [5.41, 5.74) is -4.13. The first-order chi connectivity index (χ1) is 35.6. The number of aromatic carboxylic acids is 1. The summed E-state index contributed by atoms with van der Waals surface area (Å²) in [7, 11) is 7.20. The molecule has 20 nitrogen and oxygen atoms in total. The number of ether oxygens (including phenoxy) is 7. The minimum absolute atomic E-state index is 0.134. The zero-order chi connectivity index (χ0) is 56.4. The SMILES string of the molecule is CC[C@H]1OC(=O)[C@H](C)[C@@H](OC2C[C@@](C)(OC)[C@@H](OCCNCCNc3cc4c(=O)c(C(=O)O)cn(C5CC5)c4cc3Cl)[C@H](C)O2)[C@H](C)[C@@H](O[C@@H]2O[C@H](C)C[C@H](N(C)C)[C@H]2O)[C@](C)(O)C[C@@H](C)CN(C)[C@H](C)[C@@H](O)[C@]1(C)O. The van der Waals surface area contributed by atoms with Gasteiger partial charge < -0.3 is 83.7 Å². The fourth-order valence-corrected chi connectivity index (χ4v) is 12.2. The van der Waals surface area contributed by atoms with Gasteiger partial charge in [0.25, 0.3) is 0 Å². The normalized spacial score (nSPS) is 38.6. The van der Waals surface area contributed by atoms with Gasteiger partial charge in [-0.1, -0.05) is 32.4 Å². The van der Waals surface area contributed by atoms with E-state index in [9.17, 15) is 39.9 Å². The van der Waals surface area contributed by atoms with Crippen molar-refractivity contribution in [3.05, 3.63) is 39.1 Å². The van der Waals surface area contributed by atoms with Crippen molar-refractivity contribution in [3.63, 3.8) is 0 Å². The molecule has 2 aromatic rings. The highest BCUT2D eigenvalue weighted by Crippen LogP contribution is 2.42. The first kappa shape index (κ1) is 62.1. The second-order valence-electron chi connectivity index (χ2n) is 23.4. The van der Waals surface area contributed by atoms with Crippen LogP contribution in [0.15, 0.2) is 23.1 Å². The Bertz CT molecular complexity index is 2340. The van der Waals surface area contributed by atoms with Gasteiger partial charge in [-0.25, -0.2) is 4.79 Å². The number of fused-ring (bicyclic) bond motifs is 1. The lowest BCUT2D eigenvalue weighted by Gasteiger charge is -2.49. The first-order valence-corrected chi connectivity index (χ1v) is 27.7. The number of esters is 1. The Morgan fingerprint density at radius 1 is 0.961 bits per heavy atom. The second kappa shape index (κ2) is 25.6. The maximum absolute atomic E-state index is 14.6. The van der Waals surface area contributed by atoms with E-state index >= 15 is 0 Å².